The van der Waals surface area contributed by atoms with E-state index < -0.39 is 11.9 Å². The number of anilines is 2. The van der Waals surface area contributed by atoms with E-state index in [9.17, 15) is 14.4 Å². The fourth-order valence-electron chi connectivity index (χ4n) is 3.07. The number of hydrogen-bond acceptors (Lipinski definition) is 5. The van der Waals surface area contributed by atoms with Crippen molar-refractivity contribution < 1.29 is 23.9 Å². The van der Waals surface area contributed by atoms with Gasteiger partial charge in [-0.25, -0.2) is 4.79 Å². The fourth-order valence-corrected chi connectivity index (χ4v) is 3.07. The molecule has 0 spiro atoms. The first kappa shape index (κ1) is 19.4. The van der Waals surface area contributed by atoms with Gasteiger partial charge in [0.2, 0.25) is 11.8 Å². The Hall–Kier alpha value is -3.35. The third kappa shape index (κ3) is 4.31. The van der Waals surface area contributed by atoms with Gasteiger partial charge in [0.05, 0.1) is 25.2 Å². The van der Waals surface area contributed by atoms with E-state index in [-0.39, 0.29) is 18.2 Å². The highest BCUT2D eigenvalue weighted by Crippen LogP contribution is 2.27. The van der Waals surface area contributed by atoms with Gasteiger partial charge in [-0.1, -0.05) is 0 Å². The lowest BCUT2D eigenvalue weighted by molar-refractivity contribution is -0.122. The number of carbonyl (C=O) groups excluding carboxylic acids is 3. The first-order valence-corrected chi connectivity index (χ1v) is 9.04. The summed E-state index contributed by atoms with van der Waals surface area (Å²) in [6.45, 7) is 2.80. The Morgan fingerprint density at radius 1 is 1.11 bits per heavy atom. The zero-order valence-corrected chi connectivity index (χ0v) is 15.8. The number of esters is 1. The van der Waals surface area contributed by atoms with Gasteiger partial charge >= 0.3 is 5.97 Å². The minimum absolute atomic E-state index is 0.0923. The molecule has 1 atom stereocenters. The maximum Gasteiger partial charge on any atom is 0.337 e. The van der Waals surface area contributed by atoms with Crippen LogP contribution in [-0.4, -0.2) is 38.0 Å². The lowest BCUT2D eigenvalue weighted by Gasteiger charge is -2.17. The summed E-state index contributed by atoms with van der Waals surface area (Å²) in [5.41, 5.74) is 1.70. The van der Waals surface area contributed by atoms with Crippen molar-refractivity contribution >= 4 is 29.2 Å². The molecule has 0 bridgehead atoms. The first-order chi connectivity index (χ1) is 13.5. The van der Waals surface area contributed by atoms with E-state index in [1.807, 2.05) is 31.2 Å². The number of benzene rings is 2. The zero-order chi connectivity index (χ0) is 20.1. The molecule has 28 heavy (non-hydrogen) atoms. The molecule has 0 saturated carbocycles. The minimum Gasteiger partial charge on any atom is -0.494 e. The van der Waals surface area contributed by atoms with Crippen LogP contribution in [-0.2, 0) is 14.3 Å². The molecular weight excluding hydrogens is 360 g/mol. The Bertz CT molecular complexity index is 861. The van der Waals surface area contributed by atoms with Gasteiger partial charge in [0, 0.05) is 24.3 Å². The molecule has 1 aliphatic rings. The van der Waals surface area contributed by atoms with Gasteiger partial charge < -0.3 is 19.7 Å². The van der Waals surface area contributed by atoms with Crippen molar-refractivity contribution in [2.24, 2.45) is 5.92 Å². The number of nitrogens with zero attached hydrogens (tertiary/aromatic N) is 1. The van der Waals surface area contributed by atoms with Crippen molar-refractivity contribution in [2.45, 2.75) is 13.3 Å². The maximum atomic E-state index is 12.5. The molecule has 0 unspecified atom stereocenters. The van der Waals surface area contributed by atoms with Crippen LogP contribution in [0.4, 0.5) is 11.4 Å². The third-order valence-electron chi connectivity index (χ3n) is 4.53. The monoisotopic (exact) mass is 382 g/mol. The number of rotatable bonds is 6. The van der Waals surface area contributed by atoms with Gasteiger partial charge in [-0.05, 0) is 55.5 Å². The average Bonchev–Trinajstić information content (AvgIpc) is 3.10. The zero-order valence-electron chi connectivity index (χ0n) is 15.8. The van der Waals surface area contributed by atoms with Gasteiger partial charge in [-0.2, -0.15) is 0 Å². The molecule has 3 rings (SSSR count). The third-order valence-corrected chi connectivity index (χ3v) is 4.53. The molecule has 2 aromatic rings. The first-order valence-electron chi connectivity index (χ1n) is 9.04. The highest BCUT2D eigenvalue weighted by Gasteiger charge is 2.35. The topological polar surface area (TPSA) is 84.9 Å². The van der Waals surface area contributed by atoms with Crippen molar-refractivity contribution in [1.29, 1.82) is 0 Å². The van der Waals surface area contributed by atoms with Crippen LogP contribution in [0.3, 0.4) is 0 Å². The van der Waals surface area contributed by atoms with Crippen LogP contribution in [0.15, 0.2) is 48.5 Å². The number of carbonyl (C=O) groups is 3. The molecule has 0 radical (unpaired) electrons. The Labute approximate surface area is 163 Å². The Morgan fingerprint density at radius 2 is 1.79 bits per heavy atom. The summed E-state index contributed by atoms with van der Waals surface area (Å²) in [7, 11) is 1.31. The minimum atomic E-state index is -0.445. The Morgan fingerprint density at radius 3 is 2.39 bits per heavy atom. The van der Waals surface area contributed by atoms with E-state index in [1.165, 1.54) is 7.11 Å². The van der Waals surface area contributed by atoms with Crippen molar-refractivity contribution in [3.05, 3.63) is 54.1 Å². The number of hydrogen-bond donors (Lipinski definition) is 1. The van der Waals surface area contributed by atoms with Crippen molar-refractivity contribution in [2.75, 3.05) is 30.5 Å². The number of ether oxygens (including phenoxy) is 2. The molecule has 7 heteroatoms. The summed E-state index contributed by atoms with van der Waals surface area (Å²) in [6, 6.07) is 13.7. The molecule has 1 heterocycles. The molecule has 1 fully saturated rings. The van der Waals surface area contributed by atoms with Crippen LogP contribution in [0.1, 0.15) is 23.7 Å². The fraction of sp³-hybridized carbons (Fsp3) is 0.286. The van der Waals surface area contributed by atoms with Gasteiger partial charge in [0.25, 0.3) is 0 Å². The van der Waals surface area contributed by atoms with Crippen LogP contribution >= 0.6 is 0 Å². The quantitative estimate of drug-likeness (QED) is 0.777. The van der Waals surface area contributed by atoms with Crippen LogP contribution in [0.25, 0.3) is 0 Å². The average molecular weight is 382 g/mol. The molecule has 2 amide bonds. The van der Waals surface area contributed by atoms with Gasteiger partial charge in [0.1, 0.15) is 5.75 Å². The number of amides is 2. The summed E-state index contributed by atoms with van der Waals surface area (Å²) in [4.78, 5) is 38.0. The second kappa shape index (κ2) is 8.56. The maximum absolute atomic E-state index is 12.5. The molecule has 7 nitrogen and oxygen atoms in total. The summed E-state index contributed by atoms with van der Waals surface area (Å²) in [5, 5.41) is 2.80. The Balaban J connectivity index is 1.62. The van der Waals surface area contributed by atoms with E-state index in [4.69, 9.17) is 4.74 Å². The van der Waals surface area contributed by atoms with Gasteiger partial charge in [-0.15, -0.1) is 0 Å². The standard InChI is InChI=1S/C21H22N2O5/c1-3-28-18-10-8-17(9-11-18)23-13-15(12-19(23)24)20(25)22-16-6-4-14(5-7-16)21(26)27-2/h4-11,15H,3,12-13H2,1-2H3,(H,22,25)/t15-/m1/s1. The van der Waals surface area contributed by atoms with Crippen LogP contribution in [0.5, 0.6) is 5.75 Å². The van der Waals surface area contributed by atoms with Crippen molar-refractivity contribution in [1.82, 2.24) is 0 Å². The summed E-state index contributed by atoms with van der Waals surface area (Å²) in [6.07, 6.45) is 0.152. The summed E-state index contributed by atoms with van der Waals surface area (Å²) >= 11 is 0. The highest BCUT2D eigenvalue weighted by atomic mass is 16.5. The number of methoxy groups -OCH3 is 1. The second-order valence-corrected chi connectivity index (χ2v) is 6.39. The molecule has 2 aromatic carbocycles. The normalized spacial score (nSPS) is 16.0. The van der Waals surface area contributed by atoms with Gasteiger partial charge in [0.15, 0.2) is 0 Å². The predicted octanol–water partition coefficient (Wildman–Crippen LogP) is 2.86. The summed E-state index contributed by atoms with van der Waals surface area (Å²) in [5.74, 6) is -0.467. The van der Waals surface area contributed by atoms with Crippen molar-refractivity contribution in [3.8, 4) is 5.75 Å². The smallest absolute Gasteiger partial charge is 0.337 e. The van der Waals surface area contributed by atoms with E-state index in [1.54, 1.807) is 29.2 Å². The molecule has 1 aliphatic heterocycles. The SMILES string of the molecule is CCOc1ccc(N2C[C@H](C(=O)Nc3ccc(C(=O)OC)cc3)CC2=O)cc1. The lowest BCUT2D eigenvalue weighted by atomic mass is 10.1. The predicted molar refractivity (Wildman–Crippen MR) is 104 cm³/mol. The molecule has 1 saturated heterocycles. The van der Waals surface area contributed by atoms with Crippen molar-refractivity contribution in [3.63, 3.8) is 0 Å². The summed E-state index contributed by atoms with van der Waals surface area (Å²) < 4.78 is 10.1. The van der Waals surface area contributed by atoms with E-state index in [2.05, 4.69) is 10.1 Å². The van der Waals surface area contributed by atoms with Crippen LogP contribution < -0.4 is 15.0 Å². The van der Waals surface area contributed by atoms with E-state index >= 15 is 0 Å². The van der Waals surface area contributed by atoms with Crippen LogP contribution in [0, 0.1) is 5.92 Å². The molecule has 146 valence electrons. The molecule has 0 aromatic heterocycles. The van der Waals surface area contributed by atoms with E-state index in [0.717, 1.165) is 11.4 Å². The molecule has 1 N–H and O–H groups in total. The van der Waals surface area contributed by atoms with E-state index in [0.29, 0.717) is 24.4 Å². The lowest BCUT2D eigenvalue weighted by Crippen LogP contribution is -2.28. The highest BCUT2D eigenvalue weighted by molar-refractivity contribution is 6.03. The molecule has 0 aliphatic carbocycles. The van der Waals surface area contributed by atoms with Gasteiger partial charge in [-0.3, -0.25) is 9.59 Å². The largest absolute Gasteiger partial charge is 0.494 e. The Kier molecular flexibility index (Phi) is 5.93. The van der Waals surface area contributed by atoms with Crippen LogP contribution in [0.2, 0.25) is 0 Å². The molecular formula is C21H22N2O5. The second-order valence-electron chi connectivity index (χ2n) is 6.39. The number of nitrogens with one attached hydrogen (secondary N) is 1.